The van der Waals surface area contributed by atoms with Crippen LogP contribution in [-0.4, -0.2) is 0 Å². The highest BCUT2D eigenvalue weighted by molar-refractivity contribution is 6.30. The number of benzene rings is 1. The van der Waals surface area contributed by atoms with Crippen LogP contribution in [0.2, 0.25) is 5.02 Å². The van der Waals surface area contributed by atoms with Gasteiger partial charge in [-0.25, -0.2) is 0 Å². The first-order valence-electron chi connectivity index (χ1n) is 6.61. The predicted octanol–water partition coefficient (Wildman–Crippen LogP) is 5.97. The minimum Gasteiger partial charge on any atom is -0.0856 e. The minimum absolute atomic E-state index is 0.812. The lowest BCUT2D eigenvalue weighted by atomic mass is 10.1. The molecule has 0 bridgehead atoms. The fraction of sp³-hybridized carbons (Fsp3) is 0.412. The maximum atomic E-state index is 5.86. The monoisotopic (exact) mass is 262 g/mol. The number of hydrogen-bond donors (Lipinski definition) is 0. The molecule has 0 spiro atoms. The van der Waals surface area contributed by atoms with Gasteiger partial charge < -0.3 is 0 Å². The molecule has 0 saturated heterocycles. The topological polar surface area (TPSA) is 0 Å². The first-order valence-corrected chi connectivity index (χ1v) is 6.99. The van der Waals surface area contributed by atoms with E-state index < -0.39 is 0 Å². The molecule has 1 rings (SSSR count). The molecule has 1 aromatic rings. The van der Waals surface area contributed by atoms with Crippen LogP contribution in [0.15, 0.2) is 47.6 Å². The van der Waals surface area contributed by atoms with Crippen LogP contribution in [0.25, 0.3) is 0 Å². The predicted molar refractivity (Wildman–Crippen MR) is 82.2 cm³/mol. The lowest BCUT2D eigenvalue weighted by molar-refractivity contribution is 0.926. The number of rotatable bonds is 6. The Bertz CT molecular complexity index is 406. The average molecular weight is 263 g/mol. The van der Waals surface area contributed by atoms with E-state index in [4.69, 9.17) is 11.6 Å². The average Bonchev–Trinajstić information content (AvgIpc) is 2.31. The number of allylic oxidation sites excluding steroid dienone is 4. The van der Waals surface area contributed by atoms with Crippen molar-refractivity contribution in [3.8, 4) is 0 Å². The lowest BCUT2D eigenvalue weighted by Gasteiger charge is -2.01. The Hall–Kier alpha value is -1.01. The fourth-order valence-electron chi connectivity index (χ4n) is 1.83. The third-order valence-electron chi connectivity index (χ3n) is 2.93. The molecule has 0 aliphatic heterocycles. The van der Waals surface area contributed by atoms with Crippen molar-refractivity contribution >= 4 is 11.6 Å². The molecule has 0 fully saturated rings. The van der Waals surface area contributed by atoms with Gasteiger partial charge in [-0.1, -0.05) is 47.0 Å². The highest BCUT2D eigenvalue weighted by Crippen LogP contribution is 2.13. The Balaban J connectivity index is 2.31. The van der Waals surface area contributed by atoms with E-state index in [1.165, 1.54) is 23.1 Å². The van der Waals surface area contributed by atoms with Gasteiger partial charge in [0.1, 0.15) is 0 Å². The summed E-state index contributed by atoms with van der Waals surface area (Å²) in [5, 5.41) is 0.812. The first kappa shape index (κ1) is 15.0. The van der Waals surface area contributed by atoms with Crippen molar-refractivity contribution in [2.45, 2.75) is 46.5 Å². The molecule has 18 heavy (non-hydrogen) atoms. The summed E-state index contributed by atoms with van der Waals surface area (Å²) in [7, 11) is 0. The molecule has 0 atom stereocenters. The van der Waals surface area contributed by atoms with Crippen molar-refractivity contribution in [3.05, 3.63) is 58.1 Å². The highest BCUT2D eigenvalue weighted by Gasteiger charge is 1.93. The molecular weight excluding hydrogens is 240 g/mol. The minimum atomic E-state index is 0.812. The van der Waals surface area contributed by atoms with Gasteiger partial charge in [-0.15, -0.1) is 0 Å². The van der Waals surface area contributed by atoms with Crippen LogP contribution in [0.5, 0.6) is 0 Å². The largest absolute Gasteiger partial charge is 0.0856 e. The van der Waals surface area contributed by atoms with Crippen molar-refractivity contribution in [2.24, 2.45) is 0 Å². The van der Waals surface area contributed by atoms with Gasteiger partial charge in [0.15, 0.2) is 0 Å². The van der Waals surface area contributed by atoms with E-state index in [9.17, 15) is 0 Å². The highest BCUT2D eigenvalue weighted by atomic mass is 35.5. The zero-order valence-electron chi connectivity index (χ0n) is 11.7. The summed E-state index contributed by atoms with van der Waals surface area (Å²) in [4.78, 5) is 0. The molecule has 0 heterocycles. The maximum Gasteiger partial charge on any atom is 0.0406 e. The normalized spacial score (nSPS) is 11.4. The van der Waals surface area contributed by atoms with Gasteiger partial charge in [0.25, 0.3) is 0 Å². The fourth-order valence-corrected chi connectivity index (χ4v) is 1.95. The second kappa shape index (κ2) is 8.16. The Morgan fingerprint density at radius 3 is 2.28 bits per heavy atom. The summed E-state index contributed by atoms with van der Waals surface area (Å²) >= 11 is 5.86. The zero-order chi connectivity index (χ0) is 13.4. The van der Waals surface area contributed by atoms with Gasteiger partial charge in [0.05, 0.1) is 0 Å². The molecule has 1 aromatic carbocycles. The number of hydrogen-bond acceptors (Lipinski definition) is 0. The van der Waals surface area contributed by atoms with Crippen molar-refractivity contribution in [1.82, 2.24) is 0 Å². The quantitative estimate of drug-likeness (QED) is 0.555. The molecule has 0 N–H and O–H groups in total. The van der Waals surface area contributed by atoms with Crippen LogP contribution < -0.4 is 0 Å². The summed E-state index contributed by atoms with van der Waals surface area (Å²) in [6.45, 7) is 6.53. The summed E-state index contributed by atoms with van der Waals surface area (Å²) < 4.78 is 0. The summed E-state index contributed by atoms with van der Waals surface area (Å²) in [5.41, 5.74) is 4.25. The summed E-state index contributed by atoms with van der Waals surface area (Å²) in [5.74, 6) is 0. The van der Waals surface area contributed by atoms with Crippen molar-refractivity contribution in [1.29, 1.82) is 0 Å². The van der Waals surface area contributed by atoms with Crippen LogP contribution in [0, 0.1) is 0 Å². The van der Waals surface area contributed by atoms with Gasteiger partial charge in [-0.2, -0.15) is 0 Å². The summed E-state index contributed by atoms with van der Waals surface area (Å²) in [6, 6.07) is 8.13. The van der Waals surface area contributed by atoms with Gasteiger partial charge >= 0.3 is 0 Å². The van der Waals surface area contributed by atoms with E-state index in [2.05, 4.69) is 45.1 Å². The van der Waals surface area contributed by atoms with Crippen LogP contribution in [0.1, 0.15) is 45.6 Å². The van der Waals surface area contributed by atoms with Gasteiger partial charge in [0.2, 0.25) is 0 Å². The Labute approximate surface area is 116 Å². The molecule has 0 amide bonds. The summed E-state index contributed by atoms with van der Waals surface area (Å²) in [6.07, 6.45) is 9.20. The second-order valence-electron chi connectivity index (χ2n) is 5.04. The molecule has 0 nitrogen and oxygen atoms in total. The van der Waals surface area contributed by atoms with Crippen LogP contribution >= 0.6 is 11.6 Å². The van der Waals surface area contributed by atoms with E-state index >= 15 is 0 Å². The number of halogens is 1. The van der Waals surface area contributed by atoms with E-state index in [-0.39, 0.29) is 0 Å². The Morgan fingerprint density at radius 1 is 1.00 bits per heavy atom. The molecule has 98 valence electrons. The Morgan fingerprint density at radius 2 is 1.67 bits per heavy atom. The first-order chi connectivity index (χ1) is 8.58. The SMILES string of the molecule is CC(C)=CCC/C(C)=C/CCc1ccc(Cl)cc1. The molecule has 0 radical (unpaired) electrons. The molecule has 0 saturated carbocycles. The van der Waals surface area contributed by atoms with E-state index in [1.807, 2.05) is 12.1 Å². The molecule has 1 heteroatoms. The third kappa shape index (κ3) is 6.66. The third-order valence-corrected chi connectivity index (χ3v) is 3.18. The van der Waals surface area contributed by atoms with Crippen molar-refractivity contribution in [2.75, 3.05) is 0 Å². The smallest absolute Gasteiger partial charge is 0.0406 e. The molecule has 0 aliphatic carbocycles. The second-order valence-corrected chi connectivity index (χ2v) is 5.47. The van der Waals surface area contributed by atoms with Crippen LogP contribution in [-0.2, 0) is 6.42 Å². The lowest BCUT2D eigenvalue weighted by Crippen LogP contribution is -1.84. The number of aryl methyl sites for hydroxylation is 1. The molecule has 0 unspecified atom stereocenters. The van der Waals surface area contributed by atoms with Gasteiger partial charge in [0, 0.05) is 5.02 Å². The molecular formula is C17H23Cl. The van der Waals surface area contributed by atoms with Crippen LogP contribution in [0.3, 0.4) is 0 Å². The van der Waals surface area contributed by atoms with Crippen molar-refractivity contribution in [3.63, 3.8) is 0 Å². The Kier molecular flexibility index (Phi) is 6.82. The standard InChI is InChI=1S/C17H23Cl/c1-14(2)6-4-7-15(3)8-5-9-16-10-12-17(18)13-11-16/h6,8,10-13H,4-5,7,9H2,1-3H3/b15-8+. The van der Waals surface area contributed by atoms with Gasteiger partial charge in [-0.05, 0) is 64.2 Å². The molecule has 0 aromatic heterocycles. The molecule has 0 aliphatic rings. The maximum absolute atomic E-state index is 5.86. The van der Waals surface area contributed by atoms with E-state index in [0.717, 1.165) is 24.3 Å². The van der Waals surface area contributed by atoms with Crippen LogP contribution in [0.4, 0.5) is 0 Å². The van der Waals surface area contributed by atoms with Crippen molar-refractivity contribution < 1.29 is 0 Å². The van der Waals surface area contributed by atoms with E-state index in [0.29, 0.717) is 0 Å². The zero-order valence-corrected chi connectivity index (χ0v) is 12.4. The van der Waals surface area contributed by atoms with Gasteiger partial charge in [-0.3, -0.25) is 0 Å². The van der Waals surface area contributed by atoms with E-state index in [1.54, 1.807) is 0 Å².